The van der Waals surface area contributed by atoms with E-state index in [2.05, 4.69) is 10.2 Å². The molecule has 7 heteroatoms. The molecule has 3 rings (SSSR count). The lowest BCUT2D eigenvalue weighted by atomic mass is 10.2. The third-order valence-corrected chi connectivity index (χ3v) is 4.88. The molecule has 1 aliphatic heterocycles. The number of amides is 1. The van der Waals surface area contributed by atoms with Crippen LogP contribution >= 0.6 is 0 Å². The van der Waals surface area contributed by atoms with Gasteiger partial charge in [0.15, 0.2) is 0 Å². The largest absolute Gasteiger partial charge is 0.363 e. The Bertz CT molecular complexity index is 593. The molecule has 1 saturated carbocycles. The van der Waals surface area contributed by atoms with Crippen molar-refractivity contribution in [1.29, 1.82) is 0 Å². The van der Waals surface area contributed by atoms with Crippen LogP contribution in [0.4, 0.5) is 11.4 Å². The number of anilines is 1. The highest BCUT2D eigenvalue weighted by Gasteiger charge is 2.25. The second kappa shape index (κ2) is 7.61. The Labute approximate surface area is 141 Å². The van der Waals surface area contributed by atoms with E-state index in [-0.39, 0.29) is 16.5 Å². The summed E-state index contributed by atoms with van der Waals surface area (Å²) < 4.78 is 0. The van der Waals surface area contributed by atoms with Crippen molar-refractivity contribution in [2.45, 2.75) is 31.7 Å². The molecule has 1 N–H and O–H groups in total. The van der Waals surface area contributed by atoms with E-state index in [0.29, 0.717) is 31.4 Å². The van der Waals surface area contributed by atoms with Gasteiger partial charge < -0.3 is 10.2 Å². The Morgan fingerprint density at radius 1 is 1.17 bits per heavy atom. The highest BCUT2D eigenvalue weighted by atomic mass is 16.6. The van der Waals surface area contributed by atoms with Crippen LogP contribution in [0.3, 0.4) is 0 Å². The number of hydrogen-bond acceptors (Lipinski definition) is 5. The van der Waals surface area contributed by atoms with E-state index < -0.39 is 0 Å². The van der Waals surface area contributed by atoms with Gasteiger partial charge in [-0.05, 0) is 18.9 Å². The maximum atomic E-state index is 12.1. The van der Waals surface area contributed by atoms with E-state index in [4.69, 9.17) is 0 Å². The highest BCUT2D eigenvalue weighted by molar-refractivity contribution is 5.78. The predicted molar refractivity (Wildman–Crippen MR) is 92.1 cm³/mol. The number of nitro benzene ring substituents is 1. The lowest BCUT2D eigenvalue weighted by Crippen LogP contribution is -2.50. The van der Waals surface area contributed by atoms with Gasteiger partial charge in [-0.2, -0.15) is 0 Å². The molecule has 0 radical (unpaired) electrons. The fraction of sp³-hybridized carbons (Fsp3) is 0.588. The summed E-state index contributed by atoms with van der Waals surface area (Å²) in [6.45, 7) is 3.29. The average Bonchev–Trinajstić information content (AvgIpc) is 3.08. The molecule has 130 valence electrons. The fourth-order valence-electron chi connectivity index (χ4n) is 3.58. The Morgan fingerprint density at radius 3 is 2.50 bits per heavy atom. The van der Waals surface area contributed by atoms with Crippen molar-refractivity contribution in [1.82, 2.24) is 10.2 Å². The number of piperazine rings is 1. The highest BCUT2D eigenvalue weighted by Crippen LogP contribution is 2.28. The Morgan fingerprint density at radius 2 is 1.83 bits per heavy atom. The Kier molecular flexibility index (Phi) is 5.30. The van der Waals surface area contributed by atoms with Crippen LogP contribution in [0.25, 0.3) is 0 Å². The molecule has 0 bridgehead atoms. The number of nitrogens with one attached hydrogen (secondary N) is 1. The van der Waals surface area contributed by atoms with E-state index in [1.54, 1.807) is 12.1 Å². The zero-order chi connectivity index (χ0) is 16.9. The van der Waals surface area contributed by atoms with Gasteiger partial charge in [-0.15, -0.1) is 0 Å². The molecule has 1 heterocycles. The van der Waals surface area contributed by atoms with Crippen molar-refractivity contribution in [2.24, 2.45) is 0 Å². The number of carbonyl (C=O) groups is 1. The normalized spacial score (nSPS) is 19.4. The molecule has 0 atom stereocenters. The van der Waals surface area contributed by atoms with Crippen LogP contribution in [0, 0.1) is 10.1 Å². The summed E-state index contributed by atoms with van der Waals surface area (Å²) in [5.74, 6) is 0.0982. The minimum Gasteiger partial charge on any atom is -0.363 e. The van der Waals surface area contributed by atoms with Gasteiger partial charge in [0, 0.05) is 38.3 Å². The Balaban J connectivity index is 1.50. The third-order valence-electron chi connectivity index (χ3n) is 4.88. The number of benzene rings is 1. The molecule has 1 aromatic carbocycles. The van der Waals surface area contributed by atoms with Crippen molar-refractivity contribution in [3.63, 3.8) is 0 Å². The van der Waals surface area contributed by atoms with Crippen LogP contribution in [0.1, 0.15) is 25.7 Å². The maximum Gasteiger partial charge on any atom is 0.292 e. The molecule has 2 aliphatic rings. The van der Waals surface area contributed by atoms with Gasteiger partial charge in [-0.3, -0.25) is 19.8 Å². The van der Waals surface area contributed by atoms with Crippen LogP contribution in [-0.2, 0) is 4.79 Å². The van der Waals surface area contributed by atoms with Crippen molar-refractivity contribution < 1.29 is 9.72 Å². The molecule has 1 amide bonds. The second-order valence-electron chi connectivity index (χ2n) is 6.56. The molecule has 2 fully saturated rings. The maximum absolute atomic E-state index is 12.1. The van der Waals surface area contributed by atoms with Gasteiger partial charge in [0.1, 0.15) is 5.69 Å². The monoisotopic (exact) mass is 332 g/mol. The molecule has 24 heavy (non-hydrogen) atoms. The van der Waals surface area contributed by atoms with E-state index in [9.17, 15) is 14.9 Å². The predicted octanol–water partition coefficient (Wildman–Crippen LogP) is 1.78. The van der Waals surface area contributed by atoms with E-state index in [0.717, 1.165) is 25.9 Å². The lowest BCUT2D eigenvalue weighted by molar-refractivity contribution is -0.384. The Hall–Kier alpha value is -2.15. The SMILES string of the molecule is O=C(CN1CCN(c2ccccc2[N+](=O)[O-])CC1)NC1CCCC1. The number of carbonyl (C=O) groups excluding carboxylic acids is 1. The quantitative estimate of drug-likeness (QED) is 0.657. The molecular weight excluding hydrogens is 308 g/mol. The van der Waals surface area contributed by atoms with Crippen LogP contribution in [0.5, 0.6) is 0 Å². The van der Waals surface area contributed by atoms with Crippen molar-refractivity contribution >= 4 is 17.3 Å². The first-order valence-corrected chi connectivity index (χ1v) is 8.63. The van der Waals surface area contributed by atoms with Crippen LogP contribution in [-0.4, -0.2) is 54.5 Å². The summed E-state index contributed by atoms with van der Waals surface area (Å²) in [4.78, 5) is 27.1. The zero-order valence-electron chi connectivity index (χ0n) is 13.8. The lowest BCUT2D eigenvalue weighted by Gasteiger charge is -2.35. The minimum atomic E-state index is -0.337. The van der Waals surface area contributed by atoms with E-state index >= 15 is 0 Å². The van der Waals surface area contributed by atoms with E-state index in [1.807, 2.05) is 11.0 Å². The van der Waals surface area contributed by atoms with Gasteiger partial charge >= 0.3 is 0 Å². The second-order valence-corrected chi connectivity index (χ2v) is 6.56. The topological polar surface area (TPSA) is 78.7 Å². The number of hydrogen-bond donors (Lipinski definition) is 1. The fourth-order valence-corrected chi connectivity index (χ4v) is 3.58. The standard InChI is InChI=1S/C17H24N4O3/c22-17(18-14-5-1-2-6-14)13-19-9-11-20(12-10-19)15-7-3-4-8-16(15)21(23)24/h3-4,7-8,14H,1-2,5-6,9-13H2,(H,18,22). The number of rotatable bonds is 5. The van der Waals surface area contributed by atoms with Gasteiger partial charge in [0.2, 0.25) is 5.91 Å². The van der Waals surface area contributed by atoms with Crippen molar-refractivity contribution in [2.75, 3.05) is 37.6 Å². The van der Waals surface area contributed by atoms with Crippen molar-refractivity contribution in [3.8, 4) is 0 Å². The third kappa shape index (κ3) is 4.03. The molecule has 7 nitrogen and oxygen atoms in total. The van der Waals surface area contributed by atoms with Crippen LogP contribution in [0.15, 0.2) is 24.3 Å². The molecular formula is C17H24N4O3. The summed E-state index contributed by atoms with van der Waals surface area (Å²) >= 11 is 0. The van der Waals surface area contributed by atoms with Gasteiger partial charge in [0.05, 0.1) is 11.5 Å². The van der Waals surface area contributed by atoms with Gasteiger partial charge in [0.25, 0.3) is 5.69 Å². The summed E-state index contributed by atoms with van der Waals surface area (Å²) in [7, 11) is 0. The molecule has 0 unspecified atom stereocenters. The molecule has 0 spiro atoms. The zero-order valence-corrected chi connectivity index (χ0v) is 13.8. The number of nitrogens with zero attached hydrogens (tertiary/aromatic N) is 3. The minimum absolute atomic E-state index is 0.0982. The van der Waals surface area contributed by atoms with E-state index in [1.165, 1.54) is 18.9 Å². The molecule has 1 aliphatic carbocycles. The first kappa shape index (κ1) is 16.7. The summed E-state index contributed by atoms with van der Waals surface area (Å²) in [6.07, 6.45) is 4.60. The molecule has 0 aromatic heterocycles. The summed E-state index contributed by atoms with van der Waals surface area (Å²) in [5, 5.41) is 14.3. The molecule has 1 saturated heterocycles. The first-order chi connectivity index (χ1) is 11.6. The van der Waals surface area contributed by atoms with Gasteiger partial charge in [-0.25, -0.2) is 0 Å². The van der Waals surface area contributed by atoms with Crippen molar-refractivity contribution in [3.05, 3.63) is 34.4 Å². The number of para-hydroxylation sites is 2. The van der Waals surface area contributed by atoms with Crippen LogP contribution in [0.2, 0.25) is 0 Å². The molecule has 1 aromatic rings. The summed E-state index contributed by atoms with van der Waals surface area (Å²) in [5.41, 5.74) is 0.808. The summed E-state index contributed by atoms with van der Waals surface area (Å²) in [6, 6.07) is 7.19. The average molecular weight is 332 g/mol. The van der Waals surface area contributed by atoms with Gasteiger partial charge in [-0.1, -0.05) is 25.0 Å². The smallest absolute Gasteiger partial charge is 0.292 e. The first-order valence-electron chi connectivity index (χ1n) is 8.63. The van der Waals surface area contributed by atoms with Crippen LogP contribution < -0.4 is 10.2 Å². The number of nitro groups is 1.